The van der Waals surface area contributed by atoms with E-state index in [1.165, 1.54) is 22.8 Å². The molecule has 238 valence electrons. The van der Waals surface area contributed by atoms with Crippen LogP contribution in [0, 0.1) is 5.92 Å². The number of hydrogen-bond donors (Lipinski definition) is 0. The van der Waals surface area contributed by atoms with Crippen LogP contribution in [0.1, 0.15) is 57.4 Å². The van der Waals surface area contributed by atoms with Gasteiger partial charge >= 0.3 is 11.9 Å². The van der Waals surface area contributed by atoms with E-state index in [9.17, 15) is 14.4 Å². The van der Waals surface area contributed by atoms with Crippen LogP contribution >= 0.6 is 11.3 Å². The maximum atomic E-state index is 14.1. The molecular weight excluding hydrogens is 604 g/mol. The molecule has 0 N–H and O–H groups in total. The summed E-state index contributed by atoms with van der Waals surface area (Å²) < 4.78 is 24.7. The Bertz CT molecular complexity index is 1940. The Labute approximate surface area is 271 Å². The van der Waals surface area contributed by atoms with E-state index in [1.807, 2.05) is 75.4 Å². The van der Waals surface area contributed by atoms with Crippen molar-refractivity contribution >= 4 is 29.4 Å². The molecule has 1 atom stereocenters. The van der Waals surface area contributed by atoms with Crippen LogP contribution in [0.15, 0.2) is 93.9 Å². The number of esters is 2. The summed E-state index contributed by atoms with van der Waals surface area (Å²) in [5, 5.41) is 0. The summed E-state index contributed by atoms with van der Waals surface area (Å²) in [6.45, 7) is 9.74. The molecular formula is C36H36N2O7S. The second-order valence-corrected chi connectivity index (χ2v) is 12.2. The molecule has 0 bridgehead atoms. The van der Waals surface area contributed by atoms with Gasteiger partial charge in [-0.3, -0.25) is 14.2 Å². The van der Waals surface area contributed by atoms with Crippen LogP contribution in [-0.4, -0.2) is 29.7 Å². The normalized spacial score (nSPS) is 14.5. The zero-order valence-electron chi connectivity index (χ0n) is 26.4. The second-order valence-electron chi connectivity index (χ2n) is 11.2. The molecule has 3 aromatic carbocycles. The van der Waals surface area contributed by atoms with Gasteiger partial charge in [-0.15, -0.1) is 0 Å². The first-order valence-electron chi connectivity index (χ1n) is 15.1. The zero-order chi connectivity index (χ0) is 32.8. The average Bonchev–Trinajstić information content (AvgIpc) is 3.33. The number of nitrogens with zero attached hydrogens (tertiary/aromatic N) is 2. The maximum absolute atomic E-state index is 14.1. The molecule has 1 aliphatic rings. The maximum Gasteiger partial charge on any atom is 0.338 e. The molecule has 2 heterocycles. The average molecular weight is 641 g/mol. The molecule has 0 saturated carbocycles. The van der Waals surface area contributed by atoms with Gasteiger partial charge in [-0.05, 0) is 66.8 Å². The summed E-state index contributed by atoms with van der Waals surface area (Å²) in [4.78, 5) is 44.5. The van der Waals surface area contributed by atoms with Gasteiger partial charge in [0.25, 0.3) is 5.56 Å². The number of hydrogen-bond acceptors (Lipinski definition) is 9. The largest absolute Gasteiger partial charge is 0.490 e. The van der Waals surface area contributed by atoms with Gasteiger partial charge in [-0.2, -0.15) is 0 Å². The lowest BCUT2D eigenvalue weighted by Gasteiger charge is -2.25. The Kier molecular flexibility index (Phi) is 10.2. The van der Waals surface area contributed by atoms with Crippen molar-refractivity contribution in [2.24, 2.45) is 10.9 Å². The smallest absolute Gasteiger partial charge is 0.338 e. The number of allylic oxidation sites excluding steroid dienone is 1. The van der Waals surface area contributed by atoms with Crippen LogP contribution in [0.2, 0.25) is 0 Å². The van der Waals surface area contributed by atoms with Crippen molar-refractivity contribution in [3.05, 3.63) is 120 Å². The Morgan fingerprint density at radius 2 is 1.74 bits per heavy atom. The molecule has 5 rings (SSSR count). The minimum Gasteiger partial charge on any atom is -0.490 e. The van der Waals surface area contributed by atoms with E-state index in [4.69, 9.17) is 18.9 Å². The first-order chi connectivity index (χ1) is 22.1. The number of benzene rings is 3. The Morgan fingerprint density at radius 3 is 2.41 bits per heavy atom. The first-order valence-corrected chi connectivity index (χ1v) is 15.9. The fraction of sp³-hybridized carbons (Fsp3) is 0.278. The summed E-state index contributed by atoms with van der Waals surface area (Å²) in [5.74, 6) is 0.341. The zero-order valence-corrected chi connectivity index (χ0v) is 27.3. The standard InChI is InChI=1S/C36H36N2O7S/c1-6-42-30-19-27(14-17-29(30)45-24(5)39)33-32(35(41)44-20-22(2)3)23(4)37-36-38(33)34(40)31(46-36)18-25-12-15-28(16-13-25)43-21-26-10-8-7-9-11-26/h7-19,22,33H,6,20-21H2,1-5H3/b31-18+/t33-/m1/s1. The summed E-state index contributed by atoms with van der Waals surface area (Å²) >= 11 is 1.24. The van der Waals surface area contributed by atoms with Crippen molar-refractivity contribution in [1.82, 2.24) is 4.57 Å². The lowest BCUT2D eigenvalue weighted by Crippen LogP contribution is -2.40. The highest BCUT2D eigenvalue weighted by Gasteiger charge is 2.34. The highest BCUT2D eigenvalue weighted by molar-refractivity contribution is 7.07. The highest BCUT2D eigenvalue weighted by Crippen LogP contribution is 2.36. The number of carbonyl (C=O) groups excluding carboxylic acids is 2. The van der Waals surface area contributed by atoms with Crippen molar-refractivity contribution in [3.8, 4) is 17.2 Å². The van der Waals surface area contributed by atoms with E-state index >= 15 is 0 Å². The molecule has 0 amide bonds. The molecule has 1 aliphatic heterocycles. The Hall–Kier alpha value is -4.96. The molecule has 0 spiro atoms. The van der Waals surface area contributed by atoms with Gasteiger partial charge in [0.15, 0.2) is 16.3 Å². The van der Waals surface area contributed by atoms with Gasteiger partial charge in [0.1, 0.15) is 12.4 Å². The molecule has 0 radical (unpaired) electrons. The number of aromatic nitrogens is 1. The molecule has 9 nitrogen and oxygen atoms in total. The van der Waals surface area contributed by atoms with Gasteiger partial charge in [0.2, 0.25) is 0 Å². The Balaban J connectivity index is 1.55. The van der Waals surface area contributed by atoms with Crippen LogP contribution in [0.25, 0.3) is 6.08 Å². The summed E-state index contributed by atoms with van der Waals surface area (Å²) in [6.07, 6.45) is 1.80. The SMILES string of the molecule is CCOc1cc([C@@H]2C(C(=O)OCC(C)C)=C(C)N=c3s/c(=C/c4ccc(OCc5ccccc5)cc4)c(=O)n32)ccc1OC(C)=O. The number of ether oxygens (including phenoxy) is 4. The minimum absolute atomic E-state index is 0.118. The van der Waals surface area contributed by atoms with Gasteiger partial charge in [-0.25, -0.2) is 9.79 Å². The van der Waals surface area contributed by atoms with Crippen LogP contribution in [0.3, 0.4) is 0 Å². The molecule has 4 aromatic rings. The van der Waals surface area contributed by atoms with Crippen LogP contribution in [-0.2, 0) is 20.9 Å². The van der Waals surface area contributed by atoms with Gasteiger partial charge in [0.05, 0.1) is 35.1 Å². The van der Waals surface area contributed by atoms with Crippen molar-refractivity contribution in [2.45, 2.75) is 47.3 Å². The second kappa shape index (κ2) is 14.4. The fourth-order valence-corrected chi connectivity index (χ4v) is 6.02. The number of carbonyl (C=O) groups is 2. The van der Waals surface area contributed by atoms with Crippen LogP contribution < -0.4 is 29.1 Å². The van der Waals surface area contributed by atoms with E-state index in [2.05, 4.69) is 4.99 Å². The Morgan fingerprint density at radius 1 is 1.00 bits per heavy atom. The van der Waals surface area contributed by atoms with Crippen molar-refractivity contribution in [2.75, 3.05) is 13.2 Å². The van der Waals surface area contributed by atoms with Gasteiger partial charge in [0, 0.05) is 6.92 Å². The molecule has 0 aliphatic carbocycles. The topological polar surface area (TPSA) is 105 Å². The monoisotopic (exact) mass is 640 g/mol. The lowest BCUT2D eigenvalue weighted by molar-refractivity contribution is -0.140. The molecule has 1 aromatic heterocycles. The quantitative estimate of drug-likeness (QED) is 0.161. The highest BCUT2D eigenvalue weighted by atomic mass is 32.1. The van der Waals surface area contributed by atoms with Gasteiger partial charge < -0.3 is 18.9 Å². The number of thiazole rings is 1. The van der Waals surface area contributed by atoms with E-state index in [1.54, 1.807) is 31.2 Å². The molecule has 10 heteroatoms. The van der Waals surface area contributed by atoms with Crippen LogP contribution in [0.4, 0.5) is 0 Å². The third kappa shape index (κ3) is 7.46. The summed E-state index contributed by atoms with van der Waals surface area (Å²) in [7, 11) is 0. The van der Waals surface area contributed by atoms with E-state index in [0.717, 1.165) is 11.1 Å². The van der Waals surface area contributed by atoms with Crippen molar-refractivity contribution < 1.29 is 28.5 Å². The van der Waals surface area contributed by atoms with Crippen LogP contribution in [0.5, 0.6) is 17.2 Å². The van der Waals surface area contributed by atoms with Crippen molar-refractivity contribution in [1.29, 1.82) is 0 Å². The first kappa shape index (κ1) is 32.4. The van der Waals surface area contributed by atoms with E-state index < -0.39 is 18.0 Å². The fourth-order valence-electron chi connectivity index (χ4n) is 4.97. The summed E-state index contributed by atoms with van der Waals surface area (Å²) in [5.41, 5.74) is 2.86. The predicted octanol–water partition coefficient (Wildman–Crippen LogP) is 5.34. The minimum atomic E-state index is -0.850. The van der Waals surface area contributed by atoms with Crippen molar-refractivity contribution in [3.63, 3.8) is 0 Å². The van der Waals surface area contributed by atoms with Gasteiger partial charge in [-0.1, -0.05) is 73.7 Å². The molecule has 0 unspecified atom stereocenters. The number of rotatable bonds is 11. The molecule has 0 saturated heterocycles. The predicted molar refractivity (Wildman–Crippen MR) is 176 cm³/mol. The van der Waals surface area contributed by atoms with E-state index in [-0.39, 0.29) is 29.4 Å². The lowest BCUT2D eigenvalue weighted by atomic mass is 9.95. The molecule has 0 fully saturated rings. The molecule has 46 heavy (non-hydrogen) atoms. The third-order valence-electron chi connectivity index (χ3n) is 7.05. The summed E-state index contributed by atoms with van der Waals surface area (Å²) in [6, 6.07) is 21.6. The third-order valence-corrected chi connectivity index (χ3v) is 8.04. The van der Waals surface area contributed by atoms with E-state index in [0.29, 0.717) is 45.3 Å². The number of fused-ring (bicyclic) bond motifs is 1.